The zero-order valence-corrected chi connectivity index (χ0v) is 19.5. The molecule has 2 aromatic carbocycles. The second-order valence-electron chi connectivity index (χ2n) is 7.04. The van der Waals surface area contributed by atoms with Crippen LogP contribution in [0.1, 0.15) is 6.92 Å². The fraction of sp³-hybridized carbons (Fsp3) is 0.227. The maximum absolute atomic E-state index is 13.6. The van der Waals surface area contributed by atoms with Gasteiger partial charge in [-0.25, -0.2) is 17.2 Å². The second kappa shape index (κ2) is 10.6. The van der Waals surface area contributed by atoms with E-state index >= 15 is 0 Å². The van der Waals surface area contributed by atoms with Gasteiger partial charge in [0.05, 0.1) is 11.7 Å². The van der Waals surface area contributed by atoms with E-state index in [2.05, 4.69) is 5.32 Å². The standard InChI is InChI=1S/C22H22F2N2O5S2/c1-15(13-31-20-10-5-16(23)12-19(20)24)25-21(27)14-30-18-8-6-17(7-9-18)26(2)33(28,29)22-4-3-11-32-22/h3-12,15H,13-14H2,1-2H3,(H,25,27). The molecule has 7 nitrogen and oxygen atoms in total. The third-order valence-electron chi connectivity index (χ3n) is 4.47. The van der Waals surface area contributed by atoms with Gasteiger partial charge in [-0.3, -0.25) is 9.10 Å². The molecule has 33 heavy (non-hydrogen) atoms. The molecule has 176 valence electrons. The van der Waals surface area contributed by atoms with E-state index in [9.17, 15) is 22.0 Å². The van der Waals surface area contributed by atoms with Gasteiger partial charge < -0.3 is 14.8 Å². The summed E-state index contributed by atoms with van der Waals surface area (Å²) in [5.41, 5.74) is 0.444. The van der Waals surface area contributed by atoms with Gasteiger partial charge in [0, 0.05) is 13.1 Å². The van der Waals surface area contributed by atoms with Crippen molar-refractivity contribution in [3.8, 4) is 11.5 Å². The van der Waals surface area contributed by atoms with Gasteiger partial charge in [-0.15, -0.1) is 11.3 Å². The number of hydrogen-bond acceptors (Lipinski definition) is 6. The van der Waals surface area contributed by atoms with Gasteiger partial charge in [-0.1, -0.05) is 6.07 Å². The van der Waals surface area contributed by atoms with Crippen molar-refractivity contribution in [3.05, 3.63) is 71.6 Å². The highest BCUT2D eigenvalue weighted by Gasteiger charge is 2.22. The van der Waals surface area contributed by atoms with Crippen molar-refractivity contribution >= 4 is 33.0 Å². The Morgan fingerprint density at radius 3 is 2.48 bits per heavy atom. The second-order valence-corrected chi connectivity index (χ2v) is 10.2. The molecule has 0 aliphatic rings. The van der Waals surface area contributed by atoms with Gasteiger partial charge in [-0.05, 0) is 54.8 Å². The Bertz CT molecular complexity index is 1190. The van der Waals surface area contributed by atoms with Crippen LogP contribution in [0.2, 0.25) is 0 Å². The molecular formula is C22H22F2N2O5S2. The molecule has 1 unspecified atom stereocenters. The highest BCUT2D eigenvalue weighted by Crippen LogP contribution is 2.26. The highest BCUT2D eigenvalue weighted by molar-refractivity contribution is 7.94. The topological polar surface area (TPSA) is 84.9 Å². The van der Waals surface area contributed by atoms with E-state index in [0.29, 0.717) is 17.5 Å². The first-order valence-electron chi connectivity index (χ1n) is 9.79. The molecule has 1 amide bonds. The third-order valence-corrected chi connectivity index (χ3v) is 7.63. The molecule has 0 saturated heterocycles. The number of anilines is 1. The van der Waals surface area contributed by atoms with Crippen molar-refractivity contribution in [2.75, 3.05) is 24.6 Å². The van der Waals surface area contributed by atoms with Crippen molar-refractivity contribution in [2.45, 2.75) is 17.2 Å². The quantitative estimate of drug-likeness (QED) is 0.461. The van der Waals surface area contributed by atoms with Crippen LogP contribution in [0.3, 0.4) is 0 Å². The molecule has 1 atom stereocenters. The number of carbonyl (C=O) groups is 1. The Labute approximate surface area is 194 Å². The van der Waals surface area contributed by atoms with Crippen molar-refractivity contribution in [1.29, 1.82) is 0 Å². The van der Waals surface area contributed by atoms with E-state index in [1.807, 2.05) is 0 Å². The molecule has 0 spiro atoms. The van der Waals surface area contributed by atoms with Crippen LogP contribution >= 0.6 is 11.3 Å². The Morgan fingerprint density at radius 1 is 1.12 bits per heavy atom. The number of hydrogen-bond donors (Lipinski definition) is 1. The Morgan fingerprint density at radius 2 is 1.85 bits per heavy atom. The Balaban J connectivity index is 1.47. The van der Waals surface area contributed by atoms with Crippen LogP contribution in [-0.4, -0.2) is 40.6 Å². The summed E-state index contributed by atoms with van der Waals surface area (Å²) >= 11 is 1.13. The summed E-state index contributed by atoms with van der Waals surface area (Å²) in [6.07, 6.45) is 0. The number of carbonyl (C=O) groups excluding carboxylic acids is 1. The number of nitrogens with one attached hydrogen (secondary N) is 1. The van der Waals surface area contributed by atoms with Gasteiger partial charge in [-0.2, -0.15) is 0 Å². The Hall–Kier alpha value is -3.18. The molecule has 0 aliphatic heterocycles. The van der Waals surface area contributed by atoms with Crippen LogP contribution in [0.15, 0.2) is 64.2 Å². The van der Waals surface area contributed by atoms with Crippen molar-refractivity contribution < 1.29 is 31.5 Å². The van der Waals surface area contributed by atoms with Crippen molar-refractivity contribution in [3.63, 3.8) is 0 Å². The van der Waals surface area contributed by atoms with E-state index in [-0.39, 0.29) is 23.2 Å². The van der Waals surface area contributed by atoms with Gasteiger partial charge in [0.1, 0.15) is 22.4 Å². The van der Waals surface area contributed by atoms with Gasteiger partial charge in [0.25, 0.3) is 15.9 Å². The number of benzene rings is 2. The van der Waals surface area contributed by atoms with Crippen LogP contribution in [-0.2, 0) is 14.8 Å². The van der Waals surface area contributed by atoms with Gasteiger partial charge in [0.2, 0.25) is 0 Å². The molecular weight excluding hydrogens is 474 g/mol. The molecule has 0 aliphatic carbocycles. The lowest BCUT2D eigenvalue weighted by atomic mass is 10.3. The van der Waals surface area contributed by atoms with E-state index < -0.39 is 33.6 Å². The number of ether oxygens (including phenoxy) is 2. The fourth-order valence-electron chi connectivity index (χ4n) is 2.75. The minimum absolute atomic E-state index is 0.0198. The minimum atomic E-state index is -3.64. The summed E-state index contributed by atoms with van der Waals surface area (Å²) in [5, 5.41) is 4.34. The first kappa shape index (κ1) is 24.5. The maximum Gasteiger partial charge on any atom is 0.273 e. The zero-order valence-electron chi connectivity index (χ0n) is 17.8. The van der Waals surface area contributed by atoms with Crippen LogP contribution in [0, 0.1) is 11.6 Å². The molecule has 11 heteroatoms. The van der Waals surface area contributed by atoms with E-state index in [0.717, 1.165) is 17.4 Å². The molecule has 1 heterocycles. The number of thiophene rings is 1. The van der Waals surface area contributed by atoms with Gasteiger partial charge in [0.15, 0.2) is 18.2 Å². The van der Waals surface area contributed by atoms with E-state index in [1.165, 1.54) is 23.5 Å². The number of rotatable bonds is 10. The maximum atomic E-state index is 13.6. The summed E-state index contributed by atoms with van der Waals surface area (Å²) in [5.74, 6) is -1.68. The van der Waals surface area contributed by atoms with Crippen LogP contribution in [0.5, 0.6) is 11.5 Å². The van der Waals surface area contributed by atoms with Crippen molar-refractivity contribution in [2.24, 2.45) is 0 Å². The normalized spacial score (nSPS) is 12.1. The predicted octanol–water partition coefficient (Wildman–Crippen LogP) is 3.81. The average molecular weight is 497 g/mol. The van der Waals surface area contributed by atoms with E-state index in [4.69, 9.17) is 9.47 Å². The zero-order chi connectivity index (χ0) is 24.0. The fourth-order valence-corrected chi connectivity index (χ4v) is 5.11. The van der Waals surface area contributed by atoms with Gasteiger partial charge >= 0.3 is 0 Å². The first-order valence-corrected chi connectivity index (χ1v) is 12.1. The predicted molar refractivity (Wildman–Crippen MR) is 121 cm³/mol. The smallest absolute Gasteiger partial charge is 0.273 e. The molecule has 0 fully saturated rings. The third kappa shape index (κ3) is 6.42. The van der Waals surface area contributed by atoms with Crippen LogP contribution in [0.25, 0.3) is 0 Å². The highest BCUT2D eigenvalue weighted by atomic mass is 32.2. The first-order chi connectivity index (χ1) is 15.7. The molecule has 3 rings (SSSR count). The number of sulfonamides is 1. The molecule has 1 aromatic heterocycles. The number of amides is 1. The summed E-state index contributed by atoms with van der Waals surface area (Å²) in [6.45, 7) is 1.37. The van der Waals surface area contributed by atoms with Crippen molar-refractivity contribution in [1.82, 2.24) is 5.32 Å². The number of nitrogens with zero attached hydrogens (tertiary/aromatic N) is 1. The molecule has 3 aromatic rings. The summed E-state index contributed by atoms with van der Waals surface area (Å²) < 4.78 is 63.8. The number of halogens is 2. The largest absolute Gasteiger partial charge is 0.488 e. The monoisotopic (exact) mass is 496 g/mol. The minimum Gasteiger partial charge on any atom is -0.488 e. The molecule has 0 bridgehead atoms. The van der Waals surface area contributed by atoms with Crippen LogP contribution < -0.4 is 19.1 Å². The summed E-state index contributed by atoms with van der Waals surface area (Å²) in [7, 11) is -2.18. The SMILES string of the molecule is CC(COc1ccc(F)cc1F)NC(=O)COc1ccc(N(C)S(=O)(=O)c2cccs2)cc1. The lowest BCUT2D eigenvalue weighted by Gasteiger charge is -2.19. The molecule has 1 N–H and O–H groups in total. The average Bonchev–Trinajstić information content (AvgIpc) is 3.33. The summed E-state index contributed by atoms with van der Waals surface area (Å²) in [4.78, 5) is 12.1. The van der Waals surface area contributed by atoms with E-state index in [1.54, 1.807) is 42.6 Å². The molecule has 0 radical (unpaired) electrons. The Kier molecular flexibility index (Phi) is 7.88. The lowest BCUT2D eigenvalue weighted by Crippen LogP contribution is -2.39. The molecule has 0 saturated carbocycles. The van der Waals surface area contributed by atoms with Crippen LogP contribution in [0.4, 0.5) is 14.5 Å². The lowest BCUT2D eigenvalue weighted by molar-refractivity contribution is -0.123. The summed E-state index contributed by atoms with van der Waals surface area (Å²) in [6, 6.07) is 12.0.